The molecule has 0 amide bonds. The summed E-state index contributed by atoms with van der Waals surface area (Å²) in [6, 6.07) is 40.9. The van der Waals surface area contributed by atoms with Crippen LogP contribution in [0.3, 0.4) is 0 Å². The fourth-order valence-corrected chi connectivity index (χ4v) is 3.84. The number of nitrogens with zero attached hydrogens (tertiary/aromatic N) is 9. The van der Waals surface area contributed by atoms with Crippen molar-refractivity contribution in [1.82, 2.24) is 39.9 Å². The molecule has 7 aromatic rings. The second kappa shape index (κ2) is 21.0. The predicted octanol–water partition coefficient (Wildman–Crippen LogP) is 13.8. The topological polar surface area (TPSA) is 119 Å². The first-order valence-electron chi connectivity index (χ1n) is 16.1. The SMILES string of the molecule is CC#N.F[P-](F)(F)(F)(F)F.F[P-](F)(F)(F)(F)F.[Ru+2].c1ccc(-c2ccccn2)nc1.c1ccc(-c2ccccn2)nc1.c1ccc(Cc2cn(-c3ccccn3)nn2)cc1. The minimum absolute atomic E-state index is 0. The van der Waals surface area contributed by atoms with Crippen LogP contribution in [0, 0.1) is 11.3 Å². The summed E-state index contributed by atoms with van der Waals surface area (Å²) in [5, 5.41) is 15.6. The Bertz CT molecular complexity index is 2100. The van der Waals surface area contributed by atoms with Gasteiger partial charge < -0.3 is 0 Å². The van der Waals surface area contributed by atoms with Crippen LogP contribution in [0.4, 0.5) is 50.4 Å². The summed E-state index contributed by atoms with van der Waals surface area (Å²) in [5.74, 6) is 0.782. The van der Waals surface area contributed by atoms with Gasteiger partial charge in [-0.3, -0.25) is 19.9 Å². The Morgan fingerprint density at radius 2 is 0.783 bits per heavy atom. The van der Waals surface area contributed by atoms with Crippen LogP contribution in [0.25, 0.3) is 28.6 Å². The van der Waals surface area contributed by atoms with Crippen molar-refractivity contribution in [3.05, 3.63) is 170 Å². The van der Waals surface area contributed by atoms with Crippen molar-refractivity contribution >= 4 is 15.6 Å². The Kier molecular flexibility index (Phi) is 18.3. The molecule has 0 saturated heterocycles. The Hall–Kier alpha value is -5.76. The molecule has 0 N–H and O–H groups in total. The van der Waals surface area contributed by atoms with E-state index in [1.54, 1.807) is 41.7 Å². The number of hydrogen-bond acceptors (Lipinski definition) is 8. The molecule has 24 heteroatoms. The number of hydrogen-bond donors (Lipinski definition) is 0. The van der Waals surface area contributed by atoms with Gasteiger partial charge in [-0.1, -0.05) is 65.9 Å². The normalized spacial score (nSPS) is 12.5. The van der Waals surface area contributed by atoms with Gasteiger partial charge in [0.25, 0.3) is 0 Å². The van der Waals surface area contributed by atoms with Gasteiger partial charge in [-0.15, -0.1) is 5.10 Å². The number of halogens is 12. The van der Waals surface area contributed by atoms with Crippen LogP contribution in [-0.4, -0.2) is 39.9 Å². The summed E-state index contributed by atoms with van der Waals surface area (Å²) < 4.78 is 120. The third-order valence-corrected chi connectivity index (χ3v) is 5.84. The maximum atomic E-state index is 9.87. The number of benzene rings is 1. The molecule has 6 heterocycles. The van der Waals surface area contributed by atoms with Crippen LogP contribution in [0.2, 0.25) is 0 Å². The van der Waals surface area contributed by atoms with Crippen LogP contribution >= 0.6 is 15.6 Å². The Morgan fingerprint density at radius 3 is 1.07 bits per heavy atom. The zero-order chi connectivity index (χ0) is 44.2. The van der Waals surface area contributed by atoms with E-state index >= 15 is 0 Å². The largest absolute Gasteiger partial charge is 2.00 e. The van der Waals surface area contributed by atoms with Crippen molar-refractivity contribution in [3.8, 4) is 34.7 Å². The van der Waals surface area contributed by atoms with Gasteiger partial charge >= 0.3 is 85.5 Å². The summed E-state index contributed by atoms with van der Waals surface area (Å²) in [4.78, 5) is 21.0. The fourth-order valence-electron chi connectivity index (χ4n) is 3.84. The summed E-state index contributed by atoms with van der Waals surface area (Å²) in [7, 11) is -21.3. The van der Waals surface area contributed by atoms with Crippen LogP contribution in [0.5, 0.6) is 0 Å². The summed E-state index contributed by atoms with van der Waals surface area (Å²) in [6.07, 6.45) is 11.5. The maximum Gasteiger partial charge on any atom is 2.00 e. The Labute approximate surface area is 347 Å². The van der Waals surface area contributed by atoms with Gasteiger partial charge in [-0.25, -0.2) is 9.67 Å². The van der Waals surface area contributed by atoms with Crippen molar-refractivity contribution in [2.24, 2.45) is 0 Å². The monoisotopic (exact) mass is 981 g/mol. The van der Waals surface area contributed by atoms with Crippen molar-refractivity contribution in [2.75, 3.05) is 0 Å². The van der Waals surface area contributed by atoms with Gasteiger partial charge in [0.1, 0.15) is 0 Å². The number of rotatable bonds is 5. The maximum absolute atomic E-state index is 10.7. The third kappa shape index (κ3) is 30.3. The molecule has 0 saturated carbocycles. The van der Waals surface area contributed by atoms with E-state index in [-0.39, 0.29) is 19.5 Å². The first kappa shape index (κ1) is 52.3. The molecule has 0 atom stereocenters. The van der Waals surface area contributed by atoms with Crippen molar-refractivity contribution < 1.29 is 69.8 Å². The number of pyridine rings is 5. The van der Waals surface area contributed by atoms with Crippen LogP contribution in [0.15, 0.2) is 159 Å². The molecule has 0 aliphatic heterocycles. The van der Waals surface area contributed by atoms with E-state index < -0.39 is 15.6 Å². The standard InChI is InChI=1S/C14H12N4.2C10H8N2.C2H3N.2F6P.Ru/c1-2-6-12(7-3-1)10-13-11-18(17-16-13)14-8-4-5-9-15-14;2*1-3-7-11-9(5-1)10-6-2-4-8-12-10;1-2-3;2*1-7(2,3,4,5)6;/h1-9,11H,10H2;2*1-8H;1H3;;;/q;;;;2*-1;+2. The molecule has 9 nitrogen and oxygen atoms in total. The van der Waals surface area contributed by atoms with Gasteiger partial charge in [0.05, 0.1) is 40.7 Å². The van der Waals surface area contributed by atoms with E-state index in [9.17, 15) is 50.4 Å². The van der Waals surface area contributed by atoms with Crippen LogP contribution in [0.1, 0.15) is 18.2 Å². The van der Waals surface area contributed by atoms with Gasteiger partial charge in [0.2, 0.25) is 0 Å². The first-order valence-corrected chi connectivity index (χ1v) is 20.2. The molecule has 6 aromatic heterocycles. The van der Waals surface area contributed by atoms with E-state index in [4.69, 9.17) is 5.26 Å². The second-order valence-corrected chi connectivity index (χ2v) is 14.8. The zero-order valence-electron chi connectivity index (χ0n) is 30.5. The number of nitriles is 1. The van der Waals surface area contributed by atoms with E-state index in [1.807, 2.05) is 115 Å². The molecule has 1 aromatic carbocycles. The number of aromatic nitrogens is 8. The molecule has 60 heavy (non-hydrogen) atoms. The summed E-state index contributed by atoms with van der Waals surface area (Å²) >= 11 is 0. The smallest absolute Gasteiger partial charge is 0.255 e. The minimum Gasteiger partial charge on any atom is -0.255 e. The summed E-state index contributed by atoms with van der Waals surface area (Å²) in [6.45, 7) is 1.43. The van der Waals surface area contributed by atoms with Gasteiger partial charge in [-0.05, 0) is 66.2 Å². The molecule has 0 bridgehead atoms. The van der Waals surface area contributed by atoms with Gasteiger partial charge in [0, 0.05) is 44.3 Å². The molecular weight excluding hydrogens is 949 g/mol. The van der Waals surface area contributed by atoms with E-state index in [1.165, 1.54) is 12.5 Å². The quantitative estimate of drug-likeness (QED) is 0.0950. The molecule has 0 unspecified atom stereocenters. The van der Waals surface area contributed by atoms with Crippen LogP contribution < -0.4 is 0 Å². The second-order valence-electron chi connectivity index (χ2n) is 11.0. The van der Waals surface area contributed by atoms with Gasteiger partial charge in [0.15, 0.2) is 5.82 Å². The molecule has 322 valence electrons. The molecule has 0 aliphatic rings. The summed E-state index contributed by atoms with van der Waals surface area (Å²) in [5.41, 5.74) is 5.82. The first-order chi connectivity index (χ1) is 27.2. The molecule has 0 fully saturated rings. The van der Waals surface area contributed by atoms with Crippen molar-refractivity contribution in [1.29, 1.82) is 5.26 Å². The van der Waals surface area contributed by atoms with Gasteiger partial charge in [-0.2, -0.15) is 5.26 Å². The molecule has 0 radical (unpaired) electrons. The average Bonchev–Trinajstić information content (AvgIpc) is 3.64. The Balaban J connectivity index is 0.000000384. The van der Waals surface area contributed by atoms with E-state index in [0.29, 0.717) is 0 Å². The van der Waals surface area contributed by atoms with E-state index in [0.717, 1.165) is 40.7 Å². The van der Waals surface area contributed by atoms with E-state index in [2.05, 4.69) is 47.4 Å². The minimum atomic E-state index is -10.7. The molecule has 7 rings (SSSR count). The fraction of sp³-hybridized carbons (Fsp3) is 0.0556. The zero-order valence-corrected chi connectivity index (χ0v) is 34.1. The molecule has 0 spiro atoms. The molecule has 0 aliphatic carbocycles. The third-order valence-electron chi connectivity index (χ3n) is 5.84. The van der Waals surface area contributed by atoms with Crippen LogP contribution in [-0.2, 0) is 25.9 Å². The predicted molar refractivity (Wildman–Crippen MR) is 202 cm³/mol. The average molecular weight is 981 g/mol. The Morgan fingerprint density at radius 1 is 0.483 bits per heavy atom. The van der Waals surface area contributed by atoms with Crippen molar-refractivity contribution in [2.45, 2.75) is 13.3 Å². The van der Waals surface area contributed by atoms with Crippen molar-refractivity contribution in [3.63, 3.8) is 0 Å². The molecular formula is C36H31F12N9P2Ru.